The van der Waals surface area contributed by atoms with Crippen molar-refractivity contribution in [2.24, 2.45) is 5.92 Å². The number of urea groups is 1. The Morgan fingerprint density at radius 3 is 2.33 bits per heavy atom. The zero-order valence-electron chi connectivity index (χ0n) is 12.5. The molecule has 0 aliphatic carbocycles. The lowest BCUT2D eigenvalue weighted by molar-refractivity contribution is -0.140. The van der Waals surface area contributed by atoms with Gasteiger partial charge in [0.05, 0.1) is 19.9 Å². The van der Waals surface area contributed by atoms with Crippen molar-refractivity contribution in [2.45, 2.75) is 19.9 Å². The molecular formula is C14H20N2O5. The number of hydrogen-bond donors (Lipinski definition) is 3. The molecule has 1 rings (SSSR count). The fraction of sp³-hybridized carbons (Fsp3) is 0.429. The van der Waals surface area contributed by atoms with E-state index in [0.29, 0.717) is 17.2 Å². The Hall–Kier alpha value is -2.44. The van der Waals surface area contributed by atoms with E-state index in [2.05, 4.69) is 10.6 Å². The van der Waals surface area contributed by atoms with Crippen LogP contribution in [-0.4, -0.2) is 37.4 Å². The van der Waals surface area contributed by atoms with Crippen molar-refractivity contribution < 1.29 is 24.2 Å². The maximum Gasteiger partial charge on any atom is 0.326 e. The number of amides is 2. The summed E-state index contributed by atoms with van der Waals surface area (Å²) >= 11 is 0. The molecule has 1 aromatic rings. The summed E-state index contributed by atoms with van der Waals surface area (Å²) in [5, 5.41) is 14.0. The zero-order chi connectivity index (χ0) is 16.0. The van der Waals surface area contributed by atoms with E-state index in [9.17, 15) is 9.59 Å². The first-order valence-electron chi connectivity index (χ1n) is 6.41. The van der Waals surface area contributed by atoms with Gasteiger partial charge in [0.2, 0.25) is 0 Å². The minimum absolute atomic E-state index is 0.236. The van der Waals surface area contributed by atoms with Gasteiger partial charge in [0.1, 0.15) is 17.5 Å². The van der Waals surface area contributed by atoms with Gasteiger partial charge >= 0.3 is 12.0 Å². The summed E-state index contributed by atoms with van der Waals surface area (Å²) in [6.45, 7) is 3.43. The second kappa shape index (κ2) is 7.37. The Balaban J connectivity index is 2.85. The Morgan fingerprint density at radius 1 is 1.19 bits per heavy atom. The highest BCUT2D eigenvalue weighted by atomic mass is 16.5. The summed E-state index contributed by atoms with van der Waals surface area (Å²) in [6.07, 6.45) is 0. The van der Waals surface area contributed by atoms with Crippen LogP contribution in [0.1, 0.15) is 13.8 Å². The molecule has 1 aromatic carbocycles. The van der Waals surface area contributed by atoms with Crippen molar-refractivity contribution in [2.75, 3.05) is 19.5 Å². The number of ether oxygens (including phenoxy) is 2. The van der Waals surface area contributed by atoms with Gasteiger partial charge in [-0.3, -0.25) is 0 Å². The summed E-state index contributed by atoms with van der Waals surface area (Å²) < 4.78 is 10.2. The fourth-order valence-corrected chi connectivity index (χ4v) is 1.72. The first kappa shape index (κ1) is 16.6. The third-order valence-corrected chi connectivity index (χ3v) is 2.87. The van der Waals surface area contributed by atoms with Crippen LogP contribution < -0.4 is 20.1 Å². The molecular weight excluding hydrogens is 276 g/mol. The minimum atomic E-state index is -1.09. The van der Waals surface area contributed by atoms with Crippen molar-refractivity contribution in [3.05, 3.63) is 18.2 Å². The molecule has 21 heavy (non-hydrogen) atoms. The molecule has 0 bridgehead atoms. The van der Waals surface area contributed by atoms with Crippen LogP contribution in [0.15, 0.2) is 18.2 Å². The van der Waals surface area contributed by atoms with E-state index in [1.807, 2.05) is 0 Å². The van der Waals surface area contributed by atoms with Crippen LogP contribution in [0.25, 0.3) is 0 Å². The lowest BCUT2D eigenvalue weighted by atomic mass is 10.1. The van der Waals surface area contributed by atoms with Gasteiger partial charge in [-0.1, -0.05) is 13.8 Å². The zero-order valence-corrected chi connectivity index (χ0v) is 12.5. The van der Waals surface area contributed by atoms with Crippen molar-refractivity contribution >= 4 is 17.7 Å². The highest BCUT2D eigenvalue weighted by Gasteiger charge is 2.23. The third kappa shape index (κ3) is 4.55. The van der Waals surface area contributed by atoms with Gasteiger partial charge in [0, 0.05) is 6.07 Å². The summed E-state index contributed by atoms with van der Waals surface area (Å²) in [4.78, 5) is 23.0. The van der Waals surface area contributed by atoms with Gasteiger partial charge in [0.25, 0.3) is 0 Å². The number of aliphatic carboxylic acids is 1. The van der Waals surface area contributed by atoms with E-state index in [4.69, 9.17) is 14.6 Å². The molecule has 0 radical (unpaired) electrons. The highest BCUT2D eigenvalue weighted by Crippen LogP contribution is 2.28. The van der Waals surface area contributed by atoms with E-state index in [1.165, 1.54) is 14.2 Å². The van der Waals surface area contributed by atoms with Crippen LogP contribution in [0.2, 0.25) is 0 Å². The number of carboxylic acids is 1. The number of anilines is 1. The molecule has 7 heteroatoms. The maximum absolute atomic E-state index is 11.9. The van der Waals surface area contributed by atoms with Crippen LogP contribution >= 0.6 is 0 Å². The van der Waals surface area contributed by atoms with Crippen molar-refractivity contribution in [1.29, 1.82) is 0 Å². The van der Waals surface area contributed by atoms with Crippen LogP contribution in [-0.2, 0) is 4.79 Å². The van der Waals surface area contributed by atoms with Gasteiger partial charge in [-0.25, -0.2) is 9.59 Å². The predicted octanol–water partition coefficient (Wildman–Crippen LogP) is 1.93. The molecule has 7 nitrogen and oxygen atoms in total. The summed E-state index contributed by atoms with van der Waals surface area (Å²) in [7, 11) is 2.98. The van der Waals surface area contributed by atoms with Crippen LogP contribution in [0.4, 0.5) is 10.5 Å². The van der Waals surface area contributed by atoms with Crippen LogP contribution in [0.5, 0.6) is 11.5 Å². The average molecular weight is 296 g/mol. The van der Waals surface area contributed by atoms with E-state index >= 15 is 0 Å². The van der Waals surface area contributed by atoms with E-state index < -0.39 is 18.0 Å². The topological polar surface area (TPSA) is 96.9 Å². The predicted molar refractivity (Wildman–Crippen MR) is 78.0 cm³/mol. The number of carbonyl (C=O) groups excluding carboxylic acids is 1. The lowest BCUT2D eigenvalue weighted by Gasteiger charge is -2.19. The molecule has 0 aliphatic rings. The maximum atomic E-state index is 11.9. The number of carbonyl (C=O) groups is 2. The Morgan fingerprint density at radius 2 is 1.86 bits per heavy atom. The number of rotatable bonds is 6. The van der Waals surface area contributed by atoms with E-state index in [-0.39, 0.29) is 5.92 Å². The molecule has 3 N–H and O–H groups in total. The Labute approximate surface area is 123 Å². The first-order chi connectivity index (χ1) is 9.88. The van der Waals surface area contributed by atoms with E-state index in [1.54, 1.807) is 32.0 Å². The molecule has 0 heterocycles. The van der Waals surface area contributed by atoms with Gasteiger partial charge in [-0.15, -0.1) is 0 Å². The molecule has 0 unspecified atom stereocenters. The Kier molecular flexibility index (Phi) is 5.83. The van der Waals surface area contributed by atoms with E-state index in [0.717, 1.165) is 0 Å². The number of hydrogen-bond acceptors (Lipinski definition) is 4. The largest absolute Gasteiger partial charge is 0.497 e. The van der Waals surface area contributed by atoms with Crippen molar-refractivity contribution in [3.8, 4) is 11.5 Å². The number of nitrogens with one attached hydrogen (secondary N) is 2. The van der Waals surface area contributed by atoms with Crippen molar-refractivity contribution in [3.63, 3.8) is 0 Å². The van der Waals surface area contributed by atoms with Crippen molar-refractivity contribution in [1.82, 2.24) is 5.32 Å². The molecule has 1 atom stereocenters. The SMILES string of the molecule is COc1ccc(OC)c(NC(=O)N[C@@H](C(=O)O)C(C)C)c1. The molecule has 0 saturated carbocycles. The summed E-state index contributed by atoms with van der Waals surface area (Å²) in [5.74, 6) is -0.328. The quantitative estimate of drug-likeness (QED) is 0.745. The molecule has 0 aliphatic heterocycles. The number of methoxy groups -OCH3 is 2. The Bertz CT molecular complexity index is 516. The molecule has 0 spiro atoms. The van der Waals surface area contributed by atoms with Gasteiger partial charge in [-0.2, -0.15) is 0 Å². The van der Waals surface area contributed by atoms with Gasteiger partial charge < -0.3 is 25.2 Å². The first-order valence-corrected chi connectivity index (χ1v) is 6.41. The van der Waals surface area contributed by atoms with Crippen LogP contribution in [0, 0.1) is 5.92 Å². The minimum Gasteiger partial charge on any atom is -0.497 e. The smallest absolute Gasteiger partial charge is 0.326 e. The number of benzene rings is 1. The standard InChI is InChI=1S/C14H20N2O5/c1-8(2)12(13(17)18)16-14(19)15-10-7-9(20-3)5-6-11(10)21-4/h5-8,12H,1-4H3,(H,17,18)(H2,15,16,19)/t12-/m1/s1. The molecule has 0 saturated heterocycles. The molecule has 0 aromatic heterocycles. The number of carboxylic acid groups (broad SMARTS) is 1. The normalized spacial score (nSPS) is 11.7. The molecule has 116 valence electrons. The fourth-order valence-electron chi connectivity index (χ4n) is 1.72. The average Bonchev–Trinajstić information content (AvgIpc) is 2.43. The van der Waals surface area contributed by atoms with Crippen LogP contribution in [0.3, 0.4) is 0 Å². The summed E-state index contributed by atoms with van der Waals surface area (Å²) in [5.41, 5.74) is 0.391. The lowest BCUT2D eigenvalue weighted by Crippen LogP contribution is -2.46. The monoisotopic (exact) mass is 296 g/mol. The highest BCUT2D eigenvalue weighted by molar-refractivity contribution is 5.93. The molecule has 2 amide bonds. The third-order valence-electron chi connectivity index (χ3n) is 2.87. The van der Waals surface area contributed by atoms with Gasteiger partial charge in [0.15, 0.2) is 0 Å². The van der Waals surface area contributed by atoms with Gasteiger partial charge in [-0.05, 0) is 18.1 Å². The second-order valence-corrected chi connectivity index (χ2v) is 4.72. The molecule has 0 fully saturated rings. The summed E-state index contributed by atoms with van der Waals surface area (Å²) in [6, 6.07) is 3.33. The second-order valence-electron chi connectivity index (χ2n) is 4.72.